The van der Waals surface area contributed by atoms with Crippen molar-refractivity contribution in [3.05, 3.63) is 36.4 Å². The fourth-order valence-corrected chi connectivity index (χ4v) is 1.63. The van der Waals surface area contributed by atoms with Crippen LogP contribution in [0.5, 0.6) is 5.75 Å². The standard InChI is InChI=1S/C16H24N2O3/c1-12(2)11-21-15-6-4-5-14(9-15)18-16(20)17-10-13(3)7-8-19/h4-6,9,13,19H,1,7-8,10-11H2,2-3H3,(H2,17,18,20). The maximum atomic E-state index is 11.8. The molecule has 5 nitrogen and oxygen atoms in total. The first-order chi connectivity index (χ1) is 10.0. The van der Waals surface area contributed by atoms with Gasteiger partial charge in [-0.3, -0.25) is 0 Å². The van der Waals surface area contributed by atoms with E-state index in [1.165, 1.54) is 0 Å². The summed E-state index contributed by atoms with van der Waals surface area (Å²) in [4.78, 5) is 11.8. The largest absolute Gasteiger partial charge is 0.489 e. The fourth-order valence-electron chi connectivity index (χ4n) is 1.63. The van der Waals surface area contributed by atoms with Gasteiger partial charge in [0, 0.05) is 24.9 Å². The van der Waals surface area contributed by atoms with Crippen molar-refractivity contribution in [3.63, 3.8) is 0 Å². The van der Waals surface area contributed by atoms with Crippen molar-refractivity contribution >= 4 is 11.7 Å². The van der Waals surface area contributed by atoms with Gasteiger partial charge in [-0.2, -0.15) is 0 Å². The van der Waals surface area contributed by atoms with Gasteiger partial charge in [0.15, 0.2) is 0 Å². The quantitative estimate of drug-likeness (QED) is 0.645. The van der Waals surface area contributed by atoms with Crippen LogP contribution in [0.3, 0.4) is 0 Å². The maximum absolute atomic E-state index is 11.8. The topological polar surface area (TPSA) is 70.6 Å². The van der Waals surface area contributed by atoms with Crippen molar-refractivity contribution in [1.82, 2.24) is 5.32 Å². The molecule has 1 rings (SSSR count). The highest BCUT2D eigenvalue weighted by Gasteiger charge is 2.06. The summed E-state index contributed by atoms with van der Waals surface area (Å²) >= 11 is 0. The average Bonchev–Trinajstić information content (AvgIpc) is 2.44. The number of ether oxygens (including phenoxy) is 1. The van der Waals surface area contributed by atoms with Crippen molar-refractivity contribution in [3.8, 4) is 5.75 Å². The number of anilines is 1. The monoisotopic (exact) mass is 292 g/mol. The van der Waals surface area contributed by atoms with Crippen molar-refractivity contribution in [2.24, 2.45) is 5.92 Å². The summed E-state index contributed by atoms with van der Waals surface area (Å²) in [5.74, 6) is 0.926. The molecule has 1 aromatic carbocycles. The molecular formula is C16H24N2O3. The molecule has 0 fully saturated rings. The number of rotatable bonds is 8. The molecule has 0 heterocycles. The third-order valence-electron chi connectivity index (χ3n) is 2.81. The number of hydrogen-bond donors (Lipinski definition) is 3. The van der Waals surface area contributed by atoms with Gasteiger partial charge in [0.05, 0.1) is 0 Å². The van der Waals surface area contributed by atoms with Crippen LogP contribution in [0.4, 0.5) is 10.5 Å². The Balaban J connectivity index is 2.44. The van der Waals surface area contributed by atoms with Crippen LogP contribution in [0.2, 0.25) is 0 Å². The molecule has 116 valence electrons. The zero-order chi connectivity index (χ0) is 15.7. The van der Waals surface area contributed by atoms with Gasteiger partial charge in [-0.05, 0) is 37.0 Å². The lowest BCUT2D eigenvalue weighted by Crippen LogP contribution is -2.32. The molecule has 3 N–H and O–H groups in total. The van der Waals surface area contributed by atoms with Crippen molar-refractivity contribution in [1.29, 1.82) is 0 Å². The highest BCUT2D eigenvalue weighted by molar-refractivity contribution is 5.89. The third kappa shape index (κ3) is 7.37. The van der Waals surface area contributed by atoms with Crippen LogP contribution in [-0.4, -0.2) is 30.9 Å². The molecule has 0 spiro atoms. The van der Waals surface area contributed by atoms with E-state index in [9.17, 15) is 4.79 Å². The van der Waals surface area contributed by atoms with Crippen LogP contribution in [0.25, 0.3) is 0 Å². The zero-order valence-electron chi connectivity index (χ0n) is 12.7. The normalized spacial score (nSPS) is 11.6. The third-order valence-corrected chi connectivity index (χ3v) is 2.81. The fraction of sp³-hybridized carbons (Fsp3) is 0.438. The van der Waals surface area contributed by atoms with Crippen LogP contribution in [0.1, 0.15) is 20.3 Å². The molecule has 2 amide bonds. The molecule has 0 aromatic heterocycles. The SMILES string of the molecule is C=C(C)COc1cccc(NC(=O)NCC(C)CCO)c1. The second-order valence-electron chi connectivity index (χ2n) is 5.23. The van der Waals surface area contributed by atoms with Gasteiger partial charge in [-0.1, -0.05) is 19.6 Å². The van der Waals surface area contributed by atoms with Gasteiger partial charge in [0.25, 0.3) is 0 Å². The molecule has 0 bridgehead atoms. The molecule has 21 heavy (non-hydrogen) atoms. The first-order valence-corrected chi connectivity index (χ1v) is 7.04. The van der Waals surface area contributed by atoms with Gasteiger partial charge in [0.2, 0.25) is 0 Å². The Morgan fingerprint density at radius 1 is 1.48 bits per heavy atom. The van der Waals surface area contributed by atoms with E-state index >= 15 is 0 Å². The number of aliphatic hydroxyl groups excluding tert-OH is 1. The highest BCUT2D eigenvalue weighted by atomic mass is 16.5. The highest BCUT2D eigenvalue weighted by Crippen LogP contribution is 2.17. The molecule has 0 saturated heterocycles. The summed E-state index contributed by atoms with van der Waals surface area (Å²) in [6.07, 6.45) is 0.671. The number of hydrogen-bond acceptors (Lipinski definition) is 3. The van der Waals surface area contributed by atoms with E-state index in [1.54, 1.807) is 12.1 Å². The first-order valence-electron chi connectivity index (χ1n) is 7.04. The molecule has 1 aromatic rings. The van der Waals surface area contributed by atoms with Crippen molar-refractivity contribution in [2.45, 2.75) is 20.3 Å². The molecule has 1 atom stereocenters. The van der Waals surface area contributed by atoms with Gasteiger partial charge in [0.1, 0.15) is 12.4 Å². The van der Waals surface area contributed by atoms with E-state index in [0.29, 0.717) is 31.0 Å². The Bertz CT molecular complexity index is 474. The molecule has 0 saturated carbocycles. The molecule has 0 radical (unpaired) electrons. The number of benzene rings is 1. The summed E-state index contributed by atoms with van der Waals surface area (Å²) in [6.45, 7) is 8.75. The Morgan fingerprint density at radius 2 is 2.24 bits per heavy atom. The van der Waals surface area contributed by atoms with E-state index in [0.717, 1.165) is 5.57 Å². The summed E-state index contributed by atoms with van der Waals surface area (Å²) in [5.41, 5.74) is 1.60. The summed E-state index contributed by atoms with van der Waals surface area (Å²) in [7, 11) is 0. The Labute approximate surface area is 126 Å². The minimum absolute atomic E-state index is 0.132. The van der Waals surface area contributed by atoms with Crippen molar-refractivity contribution in [2.75, 3.05) is 25.1 Å². The minimum Gasteiger partial charge on any atom is -0.489 e. The van der Waals surface area contributed by atoms with E-state index < -0.39 is 0 Å². The van der Waals surface area contributed by atoms with E-state index in [1.807, 2.05) is 26.0 Å². The molecule has 0 aliphatic carbocycles. The van der Waals surface area contributed by atoms with Crippen LogP contribution >= 0.6 is 0 Å². The summed E-state index contributed by atoms with van der Waals surface area (Å²) in [6, 6.07) is 6.94. The smallest absolute Gasteiger partial charge is 0.319 e. The lowest BCUT2D eigenvalue weighted by Gasteiger charge is -2.13. The number of aliphatic hydroxyl groups is 1. The Kier molecular flexibility index (Phi) is 7.32. The lowest BCUT2D eigenvalue weighted by atomic mass is 10.1. The molecule has 0 aliphatic rings. The van der Waals surface area contributed by atoms with Crippen molar-refractivity contribution < 1.29 is 14.6 Å². The zero-order valence-corrected chi connectivity index (χ0v) is 12.7. The second kappa shape index (κ2) is 9.02. The molecule has 1 unspecified atom stereocenters. The number of amides is 2. The predicted molar refractivity (Wildman–Crippen MR) is 84.6 cm³/mol. The number of carbonyl (C=O) groups excluding carboxylic acids is 1. The lowest BCUT2D eigenvalue weighted by molar-refractivity contribution is 0.243. The van der Waals surface area contributed by atoms with Crippen LogP contribution in [-0.2, 0) is 0 Å². The average molecular weight is 292 g/mol. The van der Waals surface area contributed by atoms with Gasteiger partial charge < -0.3 is 20.5 Å². The predicted octanol–water partition coefficient (Wildman–Crippen LogP) is 2.78. The number of carbonyl (C=O) groups is 1. The van der Waals surface area contributed by atoms with Gasteiger partial charge >= 0.3 is 6.03 Å². The second-order valence-corrected chi connectivity index (χ2v) is 5.23. The first kappa shape index (κ1) is 17.0. The molecular weight excluding hydrogens is 268 g/mol. The van der Waals surface area contributed by atoms with E-state index in [4.69, 9.17) is 9.84 Å². The molecule has 5 heteroatoms. The molecule has 0 aliphatic heterocycles. The van der Waals surface area contributed by atoms with Crippen LogP contribution in [0, 0.1) is 5.92 Å². The number of nitrogens with one attached hydrogen (secondary N) is 2. The Morgan fingerprint density at radius 3 is 2.90 bits per heavy atom. The summed E-state index contributed by atoms with van der Waals surface area (Å²) < 4.78 is 5.52. The maximum Gasteiger partial charge on any atom is 0.319 e. The van der Waals surface area contributed by atoms with Crippen LogP contribution < -0.4 is 15.4 Å². The van der Waals surface area contributed by atoms with Crippen LogP contribution in [0.15, 0.2) is 36.4 Å². The Hall–Kier alpha value is -2.01. The van der Waals surface area contributed by atoms with Gasteiger partial charge in [-0.25, -0.2) is 4.79 Å². The van der Waals surface area contributed by atoms with E-state index in [-0.39, 0.29) is 18.6 Å². The minimum atomic E-state index is -0.267. The summed E-state index contributed by atoms with van der Waals surface area (Å²) in [5, 5.41) is 14.3. The van der Waals surface area contributed by atoms with E-state index in [2.05, 4.69) is 17.2 Å². The number of urea groups is 1. The van der Waals surface area contributed by atoms with Gasteiger partial charge in [-0.15, -0.1) is 0 Å².